The summed E-state index contributed by atoms with van der Waals surface area (Å²) in [6.45, 7) is 0. The lowest BCUT2D eigenvalue weighted by atomic mass is 10.2. The molecule has 0 aliphatic rings. The summed E-state index contributed by atoms with van der Waals surface area (Å²) in [4.78, 5) is 12.4. The topological polar surface area (TPSA) is 103 Å². The van der Waals surface area contributed by atoms with Gasteiger partial charge in [-0.15, -0.1) is 0 Å². The Balaban J connectivity index is 2.39. The molecule has 0 saturated carbocycles. The van der Waals surface area contributed by atoms with Gasteiger partial charge >= 0.3 is 0 Å². The standard InChI is InChI=1S/C13H9BrN6O/c1-21-12-10-11(17-6-18-12)20(13(16)19-10)9-4-8(14)3-2-7(9)5-15/h2-4,6H,1H3,(H2,16,19). The highest BCUT2D eigenvalue weighted by Gasteiger charge is 2.18. The summed E-state index contributed by atoms with van der Waals surface area (Å²) in [5.74, 6) is 0.539. The van der Waals surface area contributed by atoms with Gasteiger partial charge in [-0.25, -0.2) is 9.97 Å². The molecule has 0 radical (unpaired) electrons. The number of imidazole rings is 1. The van der Waals surface area contributed by atoms with Gasteiger partial charge in [0.1, 0.15) is 12.4 Å². The van der Waals surface area contributed by atoms with E-state index >= 15 is 0 Å². The molecular weight excluding hydrogens is 336 g/mol. The van der Waals surface area contributed by atoms with Crippen molar-refractivity contribution in [2.24, 2.45) is 0 Å². The number of halogens is 1. The van der Waals surface area contributed by atoms with E-state index in [0.717, 1.165) is 4.47 Å². The van der Waals surface area contributed by atoms with Gasteiger partial charge in [0.15, 0.2) is 11.2 Å². The van der Waals surface area contributed by atoms with Crippen LogP contribution >= 0.6 is 15.9 Å². The summed E-state index contributed by atoms with van der Waals surface area (Å²) in [5, 5.41) is 9.27. The normalized spacial score (nSPS) is 10.5. The van der Waals surface area contributed by atoms with Gasteiger partial charge in [-0.3, -0.25) is 4.57 Å². The zero-order valence-corrected chi connectivity index (χ0v) is 12.5. The molecule has 3 rings (SSSR count). The summed E-state index contributed by atoms with van der Waals surface area (Å²) < 4.78 is 7.57. The first-order valence-electron chi connectivity index (χ1n) is 5.88. The minimum atomic E-state index is 0.207. The van der Waals surface area contributed by atoms with E-state index in [0.29, 0.717) is 28.3 Å². The molecule has 0 aliphatic heterocycles. The molecule has 21 heavy (non-hydrogen) atoms. The zero-order valence-electron chi connectivity index (χ0n) is 10.9. The monoisotopic (exact) mass is 344 g/mol. The Bertz CT molecular complexity index is 882. The second-order valence-corrected chi connectivity index (χ2v) is 5.05. The molecule has 2 aromatic heterocycles. The fourth-order valence-electron chi connectivity index (χ4n) is 2.06. The third kappa shape index (κ3) is 2.08. The van der Waals surface area contributed by atoms with E-state index in [-0.39, 0.29) is 5.95 Å². The summed E-state index contributed by atoms with van der Waals surface area (Å²) in [5.41, 5.74) is 7.96. The SMILES string of the molecule is COc1ncnc2c1nc(N)n2-c1cc(Br)ccc1C#N. The molecule has 104 valence electrons. The summed E-state index contributed by atoms with van der Waals surface area (Å²) >= 11 is 3.39. The van der Waals surface area contributed by atoms with Gasteiger partial charge in [0.05, 0.1) is 18.4 Å². The lowest BCUT2D eigenvalue weighted by Gasteiger charge is -2.08. The number of nitrogens with zero attached hydrogens (tertiary/aromatic N) is 5. The number of hydrogen-bond acceptors (Lipinski definition) is 6. The van der Waals surface area contributed by atoms with Gasteiger partial charge in [0, 0.05) is 4.47 Å². The van der Waals surface area contributed by atoms with Gasteiger partial charge in [-0.1, -0.05) is 15.9 Å². The summed E-state index contributed by atoms with van der Waals surface area (Å²) in [7, 11) is 1.50. The molecule has 3 aromatic rings. The van der Waals surface area contributed by atoms with Crippen LogP contribution in [0.4, 0.5) is 5.95 Å². The van der Waals surface area contributed by atoms with Crippen molar-refractivity contribution in [3.8, 4) is 17.6 Å². The quantitative estimate of drug-likeness (QED) is 0.762. The second kappa shape index (κ2) is 5.03. The Kier molecular flexibility index (Phi) is 3.19. The zero-order chi connectivity index (χ0) is 15.0. The van der Waals surface area contributed by atoms with Crippen molar-refractivity contribution >= 4 is 33.0 Å². The Morgan fingerprint density at radius 3 is 2.90 bits per heavy atom. The second-order valence-electron chi connectivity index (χ2n) is 4.13. The molecule has 0 aliphatic carbocycles. The smallest absolute Gasteiger partial charge is 0.245 e. The fraction of sp³-hybridized carbons (Fsp3) is 0.0769. The highest BCUT2D eigenvalue weighted by atomic mass is 79.9. The third-order valence-electron chi connectivity index (χ3n) is 2.95. The molecule has 0 atom stereocenters. The van der Waals surface area contributed by atoms with E-state index in [4.69, 9.17) is 10.5 Å². The van der Waals surface area contributed by atoms with Crippen LogP contribution in [0.1, 0.15) is 5.56 Å². The molecule has 0 unspecified atom stereocenters. The highest BCUT2D eigenvalue weighted by Crippen LogP contribution is 2.29. The van der Waals surface area contributed by atoms with Gasteiger partial charge in [0.25, 0.3) is 0 Å². The van der Waals surface area contributed by atoms with Crippen molar-refractivity contribution in [3.63, 3.8) is 0 Å². The van der Waals surface area contributed by atoms with Crippen molar-refractivity contribution in [1.82, 2.24) is 19.5 Å². The number of rotatable bonds is 2. The molecule has 0 spiro atoms. The van der Waals surface area contributed by atoms with E-state index in [9.17, 15) is 5.26 Å². The van der Waals surface area contributed by atoms with Crippen molar-refractivity contribution in [2.75, 3.05) is 12.8 Å². The van der Waals surface area contributed by atoms with Crippen LogP contribution in [-0.2, 0) is 0 Å². The van der Waals surface area contributed by atoms with Crippen LogP contribution in [0.3, 0.4) is 0 Å². The molecule has 8 heteroatoms. The number of fused-ring (bicyclic) bond motifs is 1. The average Bonchev–Trinajstić information content (AvgIpc) is 2.82. The molecule has 1 aromatic carbocycles. The van der Waals surface area contributed by atoms with Crippen LogP contribution in [-0.4, -0.2) is 26.6 Å². The Morgan fingerprint density at radius 1 is 1.38 bits per heavy atom. The van der Waals surface area contributed by atoms with Gasteiger partial charge in [0.2, 0.25) is 11.8 Å². The molecule has 7 nitrogen and oxygen atoms in total. The number of aromatic nitrogens is 4. The van der Waals surface area contributed by atoms with Gasteiger partial charge in [-0.2, -0.15) is 10.2 Å². The predicted octanol–water partition coefficient (Wildman–Crippen LogP) is 2.04. The maximum atomic E-state index is 9.27. The average molecular weight is 345 g/mol. The number of ether oxygens (including phenoxy) is 1. The number of nitriles is 1. The first kappa shape index (κ1) is 13.3. The molecular formula is C13H9BrN6O. The van der Waals surface area contributed by atoms with Crippen molar-refractivity contribution in [2.45, 2.75) is 0 Å². The maximum absolute atomic E-state index is 9.27. The minimum Gasteiger partial charge on any atom is -0.479 e. The van der Waals surface area contributed by atoms with E-state index in [1.54, 1.807) is 22.8 Å². The van der Waals surface area contributed by atoms with Crippen LogP contribution in [0, 0.1) is 11.3 Å². The first-order chi connectivity index (χ1) is 10.2. The number of nitrogens with two attached hydrogens (primary N) is 1. The van der Waals surface area contributed by atoms with Gasteiger partial charge < -0.3 is 10.5 Å². The molecule has 0 fully saturated rings. The summed E-state index contributed by atoms with van der Waals surface area (Å²) in [6.07, 6.45) is 1.36. The van der Waals surface area contributed by atoms with Crippen LogP contribution in [0.2, 0.25) is 0 Å². The fourth-order valence-corrected chi connectivity index (χ4v) is 2.41. The lowest BCUT2D eigenvalue weighted by molar-refractivity contribution is 0.401. The van der Waals surface area contributed by atoms with E-state index in [1.807, 2.05) is 0 Å². The molecule has 2 N–H and O–H groups in total. The van der Waals surface area contributed by atoms with E-state index in [2.05, 4.69) is 37.0 Å². The molecule has 2 heterocycles. The third-order valence-corrected chi connectivity index (χ3v) is 3.44. The van der Waals surface area contributed by atoms with E-state index in [1.165, 1.54) is 13.4 Å². The number of nitrogen functional groups attached to an aromatic ring is 1. The number of benzene rings is 1. The largest absolute Gasteiger partial charge is 0.479 e. The Labute approximate surface area is 128 Å². The molecule has 0 amide bonds. The summed E-state index contributed by atoms with van der Waals surface area (Å²) in [6, 6.07) is 7.40. The predicted molar refractivity (Wildman–Crippen MR) is 80.0 cm³/mol. The van der Waals surface area contributed by atoms with Crippen LogP contribution in [0.25, 0.3) is 16.9 Å². The lowest BCUT2D eigenvalue weighted by Crippen LogP contribution is -2.03. The van der Waals surface area contributed by atoms with Crippen LogP contribution in [0.5, 0.6) is 5.88 Å². The maximum Gasteiger partial charge on any atom is 0.245 e. The Hall–Kier alpha value is -2.66. The van der Waals surface area contributed by atoms with Crippen LogP contribution < -0.4 is 10.5 Å². The Morgan fingerprint density at radius 2 is 2.19 bits per heavy atom. The number of hydrogen-bond donors (Lipinski definition) is 1. The van der Waals surface area contributed by atoms with Gasteiger partial charge in [-0.05, 0) is 18.2 Å². The van der Waals surface area contributed by atoms with Crippen LogP contribution in [0.15, 0.2) is 29.0 Å². The van der Waals surface area contributed by atoms with Crippen molar-refractivity contribution in [1.29, 1.82) is 5.26 Å². The minimum absolute atomic E-state index is 0.207. The molecule has 0 bridgehead atoms. The number of methoxy groups -OCH3 is 1. The first-order valence-corrected chi connectivity index (χ1v) is 6.68. The van der Waals surface area contributed by atoms with Crippen molar-refractivity contribution in [3.05, 3.63) is 34.6 Å². The van der Waals surface area contributed by atoms with E-state index < -0.39 is 0 Å². The number of anilines is 1. The van der Waals surface area contributed by atoms with Crippen molar-refractivity contribution < 1.29 is 4.74 Å². The highest BCUT2D eigenvalue weighted by molar-refractivity contribution is 9.10. The molecule has 0 saturated heterocycles.